The standard InChI is InChI=1S/C32H51N9O10S/c1-16(2)25(33)30(49)39-20(6-5-12-36-32(34)35)27(46)40-22(14-18-7-9-19(42)10-8-18)28(47)41-23(15-24(43)44)29(48)38-21(11-13-52-4)26(45)37-17(3)31(50)51/h7-10,16-17,20-23,25,42H,5-6,11-15,33H2,1-4H3,(H,37,45)(H,38,48)(H,39,49)(H,40,46)(H,41,47)(H,43,44)(H,50,51)(H4,34,35,36)/t17-,20-,21-,22-,23-,25-/m0/s1. The highest BCUT2D eigenvalue weighted by atomic mass is 32.2. The van der Waals surface area contributed by atoms with E-state index in [1.807, 2.05) is 0 Å². The molecule has 0 spiro atoms. The van der Waals surface area contributed by atoms with Crippen LogP contribution in [0.1, 0.15) is 52.0 Å². The number of rotatable bonds is 23. The minimum Gasteiger partial charge on any atom is -0.508 e. The average Bonchev–Trinajstić information content (AvgIpc) is 3.06. The molecule has 0 saturated heterocycles. The number of benzene rings is 1. The summed E-state index contributed by atoms with van der Waals surface area (Å²) < 4.78 is 0. The summed E-state index contributed by atoms with van der Waals surface area (Å²) >= 11 is 1.34. The van der Waals surface area contributed by atoms with E-state index < -0.39 is 84.1 Å². The molecular weight excluding hydrogens is 702 g/mol. The molecule has 290 valence electrons. The van der Waals surface area contributed by atoms with Crippen LogP contribution in [0.4, 0.5) is 0 Å². The van der Waals surface area contributed by atoms with Crippen LogP contribution in [0.5, 0.6) is 5.75 Å². The minimum atomic E-state index is -1.75. The maximum absolute atomic E-state index is 13.8. The van der Waals surface area contributed by atoms with Gasteiger partial charge in [-0.1, -0.05) is 26.0 Å². The van der Waals surface area contributed by atoms with Crippen LogP contribution >= 0.6 is 11.8 Å². The van der Waals surface area contributed by atoms with Gasteiger partial charge in [0.1, 0.15) is 36.0 Å². The number of aromatic hydroxyl groups is 1. The van der Waals surface area contributed by atoms with Gasteiger partial charge in [-0.25, -0.2) is 0 Å². The van der Waals surface area contributed by atoms with Crippen LogP contribution in [0, 0.1) is 5.92 Å². The Hall–Kier alpha value is -5.11. The van der Waals surface area contributed by atoms with Gasteiger partial charge >= 0.3 is 11.9 Å². The molecule has 0 radical (unpaired) electrons. The smallest absolute Gasteiger partial charge is 0.325 e. The molecule has 20 heteroatoms. The topological polar surface area (TPSA) is 331 Å². The molecule has 0 aromatic heterocycles. The Balaban J connectivity index is 3.41. The molecule has 1 aromatic carbocycles. The highest BCUT2D eigenvalue weighted by molar-refractivity contribution is 7.98. The molecule has 0 unspecified atom stereocenters. The van der Waals surface area contributed by atoms with Gasteiger partial charge in [-0.05, 0) is 61.8 Å². The van der Waals surface area contributed by atoms with Crippen molar-refractivity contribution in [2.45, 2.75) is 89.1 Å². The fourth-order valence-corrected chi connectivity index (χ4v) is 4.97. The van der Waals surface area contributed by atoms with E-state index in [4.69, 9.17) is 17.2 Å². The first-order valence-electron chi connectivity index (χ1n) is 16.4. The van der Waals surface area contributed by atoms with Crippen molar-refractivity contribution >= 4 is 59.2 Å². The second kappa shape index (κ2) is 22.7. The van der Waals surface area contributed by atoms with Crippen molar-refractivity contribution in [2.75, 3.05) is 18.6 Å². The quantitative estimate of drug-likeness (QED) is 0.0319. The van der Waals surface area contributed by atoms with E-state index in [2.05, 4.69) is 31.6 Å². The number of hydrogen-bond acceptors (Lipinski definition) is 11. The molecule has 0 saturated carbocycles. The van der Waals surface area contributed by atoms with Crippen molar-refractivity contribution in [3.63, 3.8) is 0 Å². The summed E-state index contributed by atoms with van der Waals surface area (Å²) in [5, 5.41) is 40.7. The molecule has 52 heavy (non-hydrogen) atoms. The van der Waals surface area contributed by atoms with Crippen LogP contribution < -0.4 is 43.8 Å². The Morgan fingerprint density at radius 3 is 1.79 bits per heavy atom. The van der Waals surface area contributed by atoms with E-state index >= 15 is 0 Å². The van der Waals surface area contributed by atoms with Crippen molar-refractivity contribution in [1.29, 1.82) is 0 Å². The number of nitrogens with zero attached hydrogens (tertiary/aromatic N) is 1. The molecule has 19 nitrogen and oxygen atoms in total. The van der Waals surface area contributed by atoms with Crippen molar-refractivity contribution in [1.82, 2.24) is 26.6 Å². The number of carbonyl (C=O) groups excluding carboxylic acids is 5. The van der Waals surface area contributed by atoms with Gasteiger partial charge in [-0.15, -0.1) is 0 Å². The van der Waals surface area contributed by atoms with Gasteiger partial charge in [0, 0.05) is 13.0 Å². The normalized spacial score (nSPS) is 14.3. The summed E-state index contributed by atoms with van der Waals surface area (Å²) in [4.78, 5) is 93.5. The zero-order valence-corrected chi connectivity index (χ0v) is 30.4. The molecule has 6 atom stereocenters. The lowest BCUT2D eigenvalue weighted by molar-refractivity contribution is -0.143. The second-order valence-electron chi connectivity index (χ2n) is 12.3. The highest BCUT2D eigenvalue weighted by Gasteiger charge is 2.33. The summed E-state index contributed by atoms with van der Waals surface area (Å²) in [7, 11) is 0. The largest absolute Gasteiger partial charge is 0.508 e. The molecule has 0 aliphatic heterocycles. The fraction of sp³-hybridized carbons (Fsp3) is 0.562. The summed E-state index contributed by atoms with van der Waals surface area (Å²) in [5.74, 6) is -7.28. The van der Waals surface area contributed by atoms with Crippen molar-refractivity contribution in [3.8, 4) is 5.75 Å². The summed E-state index contributed by atoms with van der Waals surface area (Å²) in [6.45, 7) is 4.77. The molecular formula is C32H51N9O10S. The Kier molecular flexibility index (Phi) is 19.6. The van der Waals surface area contributed by atoms with Gasteiger partial charge in [0.05, 0.1) is 12.5 Å². The van der Waals surface area contributed by atoms with Gasteiger partial charge in [-0.3, -0.25) is 38.6 Å². The highest BCUT2D eigenvalue weighted by Crippen LogP contribution is 2.13. The van der Waals surface area contributed by atoms with E-state index in [0.29, 0.717) is 11.3 Å². The Bertz CT molecular complexity index is 1420. The predicted molar refractivity (Wildman–Crippen MR) is 193 cm³/mol. The van der Waals surface area contributed by atoms with Gasteiger partial charge in [-0.2, -0.15) is 11.8 Å². The number of phenols is 1. The molecule has 5 amide bonds. The van der Waals surface area contributed by atoms with E-state index in [1.165, 1.54) is 43.0 Å². The summed E-state index contributed by atoms with van der Waals surface area (Å²) in [5.41, 5.74) is 17.2. The third-order valence-electron chi connectivity index (χ3n) is 7.59. The molecule has 0 bridgehead atoms. The van der Waals surface area contributed by atoms with Gasteiger partial charge in [0.15, 0.2) is 5.96 Å². The van der Waals surface area contributed by atoms with E-state index in [9.17, 15) is 48.9 Å². The molecule has 1 aromatic rings. The lowest BCUT2D eigenvalue weighted by atomic mass is 10.0. The number of guanidine groups is 1. The van der Waals surface area contributed by atoms with Crippen LogP contribution in [0.15, 0.2) is 29.3 Å². The minimum absolute atomic E-state index is 0.0246. The lowest BCUT2D eigenvalue weighted by Crippen LogP contribution is -2.60. The monoisotopic (exact) mass is 753 g/mol. The predicted octanol–water partition coefficient (Wildman–Crippen LogP) is -2.27. The number of aliphatic carboxylic acids is 2. The number of nitrogens with one attached hydrogen (secondary N) is 5. The van der Waals surface area contributed by atoms with Crippen LogP contribution in [-0.4, -0.2) is 118 Å². The molecule has 0 aliphatic rings. The van der Waals surface area contributed by atoms with Crippen molar-refractivity contribution in [3.05, 3.63) is 29.8 Å². The average molecular weight is 754 g/mol. The Morgan fingerprint density at radius 2 is 1.25 bits per heavy atom. The first-order chi connectivity index (χ1) is 24.4. The Labute approximate surface area is 305 Å². The van der Waals surface area contributed by atoms with Crippen LogP contribution in [0.2, 0.25) is 0 Å². The van der Waals surface area contributed by atoms with Crippen molar-refractivity contribution in [2.24, 2.45) is 28.1 Å². The number of carboxylic acid groups (broad SMARTS) is 2. The molecule has 0 heterocycles. The number of carboxylic acids is 2. The number of aliphatic imine (C=N–C) groups is 1. The maximum atomic E-state index is 13.8. The fourth-order valence-electron chi connectivity index (χ4n) is 4.50. The van der Waals surface area contributed by atoms with Gasteiger partial charge in [0.2, 0.25) is 29.5 Å². The van der Waals surface area contributed by atoms with E-state index in [0.717, 1.165) is 0 Å². The summed E-state index contributed by atoms with van der Waals surface area (Å²) in [6.07, 6.45) is 0.929. The number of nitrogens with two attached hydrogens (primary N) is 3. The lowest BCUT2D eigenvalue weighted by Gasteiger charge is -2.27. The first-order valence-corrected chi connectivity index (χ1v) is 17.8. The zero-order chi connectivity index (χ0) is 39.5. The maximum Gasteiger partial charge on any atom is 0.325 e. The van der Waals surface area contributed by atoms with Crippen LogP contribution in [-0.2, 0) is 40.0 Å². The number of phenolic OH excluding ortho intramolecular Hbond substituents is 1. The van der Waals surface area contributed by atoms with E-state index in [1.54, 1.807) is 20.1 Å². The number of hydrogen-bond donors (Lipinski definition) is 11. The number of carbonyl (C=O) groups is 7. The van der Waals surface area contributed by atoms with Crippen molar-refractivity contribution < 1.29 is 48.9 Å². The molecule has 0 fully saturated rings. The van der Waals surface area contributed by atoms with Crippen LogP contribution in [0.25, 0.3) is 0 Å². The molecule has 1 rings (SSSR count). The van der Waals surface area contributed by atoms with E-state index in [-0.39, 0.29) is 49.9 Å². The van der Waals surface area contributed by atoms with Gasteiger partial charge in [0.25, 0.3) is 0 Å². The SMILES string of the molecule is CSCC[C@H](NC(=O)[C@H](CC(=O)O)NC(=O)[C@H](Cc1ccc(O)cc1)NC(=O)[C@H](CCCN=C(N)N)NC(=O)[C@@H](N)C(C)C)C(=O)N[C@@H](C)C(=O)O. The third-order valence-corrected chi connectivity index (χ3v) is 8.24. The Morgan fingerprint density at radius 1 is 0.750 bits per heavy atom. The summed E-state index contributed by atoms with van der Waals surface area (Å²) in [6, 6.07) is -2.30. The van der Waals surface area contributed by atoms with Gasteiger partial charge < -0.3 is 59.1 Å². The van der Waals surface area contributed by atoms with Crippen LogP contribution in [0.3, 0.4) is 0 Å². The number of thioether (sulfide) groups is 1. The molecule has 0 aliphatic carbocycles. The first kappa shape index (κ1) is 44.9. The number of amides is 5. The third kappa shape index (κ3) is 16.7. The second-order valence-corrected chi connectivity index (χ2v) is 13.3. The molecule has 14 N–H and O–H groups in total. The zero-order valence-electron chi connectivity index (χ0n) is 29.6.